The highest BCUT2D eigenvalue weighted by atomic mass is 16.6. The molecule has 0 heterocycles. The molecule has 0 unspecified atom stereocenters. The Morgan fingerprint density at radius 1 is 0.656 bits per heavy atom. The number of hydrogen-bond acceptors (Lipinski definition) is 6. The molecule has 0 aliphatic rings. The van der Waals surface area contributed by atoms with E-state index in [4.69, 9.17) is 14.2 Å². The van der Waals surface area contributed by atoms with Gasteiger partial charge in [-0.25, -0.2) is 9.59 Å². The Labute approximate surface area is 194 Å². The maximum absolute atomic E-state index is 12.0. The topological polar surface area (TPSA) is 78.9 Å². The zero-order valence-corrected chi connectivity index (χ0v) is 20.5. The first-order chi connectivity index (χ1) is 15.5. The van der Waals surface area contributed by atoms with Crippen molar-refractivity contribution in [3.63, 3.8) is 0 Å². The second kappa shape index (κ2) is 22.1. The summed E-state index contributed by atoms with van der Waals surface area (Å²) in [4.78, 5) is 35.4. The Kier molecular flexibility index (Phi) is 20.6. The largest absolute Gasteiger partial charge is 0.463 e. The van der Waals surface area contributed by atoms with Crippen LogP contribution in [0.15, 0.2) is 24.0 Å². The number of hydrogen-bond donors (Lipinski definition) is 0. The third kappa shape index (κ3) is 18.6. The molecule has 0 radical (unpaired) electrons. The summed E-state index contributed by atoms with van der Waals surface area (Å²) in [5.74, 6) is -2.57. The van der Waals surface area contributed by atoms with Crippen LogP contribution in [-0.4, -0.2) is 31.1 Å². The van der Waals surface area contributed by atoms with Gasteiger partial charge >= 0.3 is 17.9 Å². The van der Waals surface area contributed by atoms with E-state index in [9.17, 15) is 14.4 Å². The van der Waals surface area contributed by atoms with Crippen LogP contribution in [0.25, 0.3) is 0 Å². The molecule has 0 saturated heterocycles. The lowest BCUT2D eigenvalue weighted by atomic mass is 10.1. The molecule has 0 aliphatic heterocycles. The van der Waals surface area contributed by atoms with Crippen molar-refractivity contribution in [3.05, 3.63) is 24.0 Å². The van der Waals surface area contributed by atoms with E-state index < -0.39 is 23.7 Å². The van der Waals surface area contributed by atoms with Crippen LogP contribution in [0.4, 0.5) is 0 Å². The lowest BCUT2D eigenvalue weighted by Gasteiger charge is -2.08. The van der Waals surface area contributed by atoms with Gasteiger partial charge in [0, 0.05) is 6.42 Å². The molecule has 0 rings (SSSR count). The maximum atomic E-state index is 12.0. The van der Waals surface area contributed by atoms with E-state index in [-0.39, 0.29) is 19.6 Å². The number of unbranched alkanes of at least 4 members (excludes halogenated alkanes) is 11. The molecule has 0 aromatic rings. The first kappa shape index (κ1) is 29.9. The number of rotatable bonds is 20. The summed E-state index contributed by atoms with van der Waals surface area (Å²) in [6.45, 7) is 5.80. The molecular weight excluding hydrogens is 408 g/mol. The zero-order chi connectivity index (χ0) is 23.9. The molecule has 0 aliphatic carbocycles. The van der Waals surface area contributed by atoms with E-state index >= 15 is 0 Å². The highest BCUT2D eigenvalue weighted by Crippen LogP contribution is 2.11. The first-order valence-electron chi connectivity index (χ1n) is 12.5. The molecule has 0 spiro atoms. The van der Waals surface area contributed by atoms with Crippen molar-refractivity contribution in [1.82, 2.24) is 0 Å². The van der Waals surface area contributed by atoms with Crippen LogP contribution in [0.5, 0.6) is 0 Å². The van der Waals surface area contributed by atoms with Gasteiger partial charge in [-0.1, -0.05) is 70.4 Å². The van der Waals surface area contributed by atoms with Gasteiger partial charge in [-0.15, -0.1) is 0 Å². The van der Waals surface area contributed by atoms with E-state index in [1.165, 1.54) is 44.9 Å². The van der Waals surface area contributed by atoms with Gasteiger partial charge in [0.25, 0.3) is 0 Å². The summed E-state index contributed by atoms with van der Waals surface area (Å²) >= 11 is 0. The minimum atomic E-state index is -0.849. The Bertz CT molecular complexity index is 565. The predicted molar refractivity (Wildman–Crippen MR) is 127 cm³/mol. The number of esters is 3. The van der Waals surface area contributed by atoms with Crippen molar-refractivity contribution >= 4 is 17.9 Å². The van der Waals surface area contributed by atoms with Crippen molar-refractivity contribution in [3.8, 4) is 0 Å². The third-order valence-corrected chi connectivity index (χ3v) is 4.88. The molecule has 32 heavy (non-hydrogen) atoms. The standard InChI is InChI=1S/C26H44O6/c1-4-7-8-9-10-11-12-13-14-15-16-17-18-19-20-21-24(27)32-23(26(29)31-6-3)22-25(28)30-5-2/h13-14,22H,4-12,15-21H2,1-3H3/b14-13-,23-22-. The van der Waals surface area contributed by atoms with Crippen molar-refractivity contribution < 1.29 is 28.6 Å². The minimum absolute atomic E-state index is 0.116. The fourth-order valence-electron chi connectivity index (χ4n) is 3.14. The van der Waals surface area contributed by atoms with E-state index in [0.717, 1.165) is 38.2 Å². The van der Waals surface area contributed by atoms with Crippen LogP contribution in [0.3, 0.4) is 0 Å². The molecule has 0 bridgehead atoms. The van der Waals surface area contributed by atoms with Crippen LogP contribution in [0.2, 0.25) is 0 Å². The normalized spacial score (nSPS) is 11.5. The van der Waals surface area contributed by atoms with E-state index in [1.54, 1.807) is 13.8 Å². The molecule has 0 amide bonds. The van der Waals surface area contributed by atoms with Crippen molar-refractivity contribution in [2.24, 2.45) is 0 Å². The van der Waals surface area contributed by atoms with Crippen molar-refractivity contribution in [1.29, 1.82) is 0 Å². The van der Waals surface area contributed by atoms with Gasteiger partial charge in [0.2, 0.25) is 5.76 Å². The average Bonchev–Trinajstić information content (AvgIpc) is 2.76. The average molecular weight is 453 g/mol. The van der Waals surface area contributed by atoms with Gasteiger partial charge in [0.05, 0.1) is 19.3 Å². The molecular formula is C26H44O6. The van der Waals surface area contributed by atoms with Crippen molar-refractivity contribution in [2.45, 2.75) is 111 Å². The Morgan fingerprint density at radius 2 is 1.19 bits per heavy atom. The number of allylic oxidation sites excluding steroid dienone is 2. The fourth-order valence-corrected chi connectivity index (χ4v) is 3.14. The van der Waals surface area contributed by atoms with Crippen LogP contribution < -0.4 is 0 Å². The molecule has 184 valence electrons. The van der Waals surface area contributed by atoms with Gasteiger partial charge in [0.15, 0.2) is 0 Å². The minimum Gasteiger partial charge on any atom is -0.463 e. The van der Waals surface area contributed by atoms with Crippen molar-refractivity contribution in [2.75, 3.05) is 13.2 Å². The molecule has 0 fully saturated rings. The van der Waals surface area contributed by atoms with Crippen LogP contribution in [0.1, 0.15) is 111 Å². The summed E-state index contributed by atoms with van der Waals surface area (Å²) in [7, 11) is 0. The molecule has 0 aromatic carbocycles. The maximum Gasteiger partial charge on any atom is 0.374 e. The number of ether oxygens (including phenoxy) is 3. The van der Waals surface area contributed by atoms with Gasteiger partial charge in [-0.05, 0) is 46.0 Å². The Balaban J connectivity index is 3.87. The molecule has 6 nitrogen and oxygen atoms in total. The van der Waals surface area contributed by atoms with Crippen LogP contribution >= 0.6 is 0 Å². The Morgan fingerprint density at radius 3 is 1.75 bits per heavy atom. The lowest BCUT2D eigenvalue weighted by molar-refractivity contribution is -0.152. The summed E-state index contributed by atoms with van der Waals surface area (Å²) in [5.41, 5.74) is 0. The van der Waals surface area contributed by atoms with Crippen LogP contribution in [0, 0.1) is 0 Å². The second-order valence-electron chi connectivity index (χ2n) is 7.79. The zero-order valence-electron chi connectivity index (χ0n) is 20.5. The highest BCUT2D eigenvalue weighted by Gasteiger charge is 2.18. The van der Waals surface area contributed by atoms with Gasteiger partial charge in [-0.2, -0.15) is 0 Å². The van der Waals surface area contributed by atoms with Crippen LogP contribution in [-0.2, 0) is 28.6 Å². The van der Waals surface area contributed by atoms with Gasteiger partial charge in [0.1, 0.15) is 0 Å². The summed E-state index contributed by atoms with van der Waals surface area (Å²) < 4.78 is 14.6. The molecule has 0 N–H and O–H groups in total. The molecule has 6 heteroatoms. The van der Waals surface area contributed by atoms with E-state index in [1.807, 2.05) is 0 Å². The van der Waals surface area contributed by atoms with Gasteiger partial charge in [-0.3, -0.25) is 4.79 Å². The van der Waals surface area contributed by atoms with E-state index in [0.29, 0.717) is 6.42 Å². The molecule has 0 aromatic heterocycles. The monoisotopic (exact) mass is 452 g/mol. The summed E-state index contributed by atoms with van der Waals surface area (Å²) in [6, 6.07) is 0. The highest BCUT2D eigenvalue weighted by molar-refractivity contribution is 5.96. The summed E-state index contributed by atoms with van der Waals surface area (Å²) in [5, 5.41) is 0. The number of carbonyl (C=O) groups is 3. The lowest BCUT2D eigenvalue weighted by Crippen LogP contribution is -2.16. The predicted octanol–water partition coefficient (Wildman–Crippen LogP) is 6.58. The second-order valence-corrected chi connectivity index (χ2v) is 7.79. The smallest absolute Gasteiger partial charge is 0.374 e. The molecule has 0 atom stereocenters. The fraction of sp³-hybridized carbons (Fsp3) is 0.731. The van der Waals surface area contributed by atoms with E-state index in [2.05, 4.69) is 19.1 Å². The number of carbonyl (C=O) groups excluding carboxylic acids is 3. The van der Waals surface area contributed by atoms with Gasteiger partial charge < -0.3 is 14.2 Å². The first-order valence-corrected chi connectivity index (χ1v) is 12.5. The quantitative estimate of drug-likeness (QED) is 0.0518. The Hall–Kier alpha value is -2.11. The third-order valence-electron chi connectivity index (χ3n) is 4.88. The molecule has 0 saturated carbocycles. The SMILES string of the molecule is CCCCCCCC/C=C\CCCCCCCC(=O)O/C(=C\C(=O)OCC)C(=O)OCC. The summed E-state index contributed by atoms with van der Waals surface area (Å²) in [6.07, 6.45) is 20.9.